The van der Waals surface area contributed by atoms with Crippen molar-refractivity contribution in [3.05, 3.63) is 18.2 Å². The maximum Gasteiger partial charge on any atom is 0.244 e. The quantitative estimate of drug-likeness (QED) is 0.744. The van der Waals surface area contributed by atoms with Crippen LogP contribution in [-0.2, 0) is 10.0 Å². The fourth-order valence-electron chi connectivity index (χ4n) is 1.54. The van der Waals surface area contributed by atoms with E-state index in [4.69, 9.17) is 4.74 Å². The second kappa shape index (κ2) is 3.39. The van der Waals surface area contributed by atoms with Gasteiger partial charge in [-0.3, -0.25) is 0 Å². The van der Waals surface area contributed by atoms with Crippen LogP contribution in [-0.4, -0.2) is 21.7 Å². The van der Waals surface area contributed by atoms with Gasteiger partial charge in [0.2, 0.25) is 10.0 Å². The number of rotatable bonds is 1. The second-order valence-corrected chi connectivity index (χ2v) is 5.03. The SMILES string of the molecule is COc1ccc2c(c1)NC(C)NS2(=O)=O. The summed E-state index contributed by atoms with van der Waals surface area (Å²) in [5.74, 6) is 0.630. The van der Waals surface area contributed by atoms with Crippen LogP contribution in [0.25, 0.3) is 0 Å². The van der Waals surface area contributed by atoms with Gasteiger partial charge in [-0.15, -0.1) is 0 Å². The number of ether oxygens (including phenoxy) is 1. The maximum absolute atomic E-state index is 11.7. The highest BCUT2D eigenvalue weighted by Crippen LogP contribution is 2.29. The molecule has 0 aromatic heterocycles. The molecule has 0 fully saturated rings. The van der Waals surface area contributed by atoms with Crippen LogP contribution in [0, 0.1) is 0 Å². The van der Waals surface area contributed by atoms with Gasteiger partial charge in [0.1, 0.15) is 10.6 Å². The lowest BCUT2D eigenvalue weighted by Crippen LogP contribution is -2.42. The molecule has 2 N–H and O–H groups in total. The van der Waals surface area contributed by atoms with Crippen LogP contribution in [0.4, 0.5) is 5.69 Å². The number of anilines is 1. The Bertz CT molecular complexity index is 484. The van der Waals surface area contributed by atoms with E-state index in [0.717, 1.165) is 0 Å². The average molecular weight is 228 g/mol. The van der Waals surface area contributed by atoms with E-state index in [0.29, 0.717) is 11.4 Å². The molecular formula is C9H12N2O3S. The van der Waals surface area contributed by atoms with Gasteiger partial charge < -0.3 is 10.1 Å². The molecule has 0 amide bonds. The largest absolute Gasteiger partial charge is 0.497 e. The molecule has 0 aliphatic carbocycles. The summed E-state index contributed by atoms with van der Waals surface area (Å²) in [6.45, 7) is 1.74. The predicted octanol–water partition coefficient (Wildman–Crippen LogP) is 0.745. The fourth-order valence-corrected chi connectivity index (χ4v) is 2.85. The highest BCUT2D eigenvalue weighted by molar-refractivity contribution is 7.89. The normalized spacial score (nSPS) is 22.7. The van der Waals surface area contributed by atoms with Crippen molar-refractivity contribution >= 4 is 15.7 Å². The zero-order valence-electron chi connectivity index (χ0n) is 8.44. The summed E-state index contributed by atoms with van der Waals surface area (Å²) in [5.41, 5.74) is 0.570. The molecule has 0 saturated carbocycles. The predicted molar refractivity (Wildman–Crippen MR) is 56.4 cm³/mol. The molecule has 5 nitrogen and oxygen atoms in total. The number of hydrogen-bond donors (Lipinski definition) is 2. The van der Waals surface area contributed by atoms with E-state index < -0.39 is 10.0 Å². The van der Waals surface area contributed by atoms with E-state index in [2.05, 4.69) is 10.0 Å². The average Bonchev–Trinajstić information content (AvgIpc) is 2.15. The van der Waals surface area contributed by atoms with E-state index in [9.17, 15) is 8.42 Å². The molecule has 0 bridgehead atoms. The highest BCUT2D eigenvalue weighted by Gasteiger charge is 2.26. The number of nitrogens with one attached hydrogen (secondary N) is 2. The van der Waals surface area contributed by atoms with Crippen LogP contribution in [0.3, 0.4) is 0 Å². The minimum Gasteiger partial charge on any atom is -0.497 e. The van der Waals surface area contributed by atoms with Gasteiger partial charge >= 0.3 is 0 Å². The van der Waals surface area contributed by atoms with Gasteiger partial charge in [0.05, 0.1) is 19.0 Å². The van der Waals surface area contributed by atoms with E-state index in [-0.39, 0.29) is 11.1 Å². The molecule has 0 saturated heterocycles. The van der Waals surface area contributed by atoms with E-state index >= 15 is 0 Å². The van der Waals surface area contributed by atoms with Gasteiger partial charge in [-0.2, -0.15) is 4.72 Å². The molecule has 0 radical (unpaired) electrons. The van der Waals surface area contributed by atoms with Gasteiger partial charge in [0.15, 0.2) is 0 Å². The molecule has 0 spiro atoms. The Hall–Kier alpha value is -1.27. The molecule has 2 rings (SSSR count). The molecule has 1 aromatic carbocycles. The molecule has 1 atom stereocenters. The van der Waals surface area contributed by atoms with Crippen molar-refractivity contribution in [2.45, 2.75) is 18.0 Å². The third-order valence-electron chi connectivity index (χ3n) is 2.18. The molecule has 82 valence electrons. The molecule has 1 unspecified atom stereocenters. The van der Waals surface area contributed by atoms with Crippen LogP contribution in [0.15, 0.2) is 23.1 Å². The Morgan fingerprint density at radius 2 is 2.13 bits per heavy atom. The number of methoxy groups -OCH3 is 1. The van der Waals surface area contributed by atoms with Crippen molar-refractivity contribution in [3.63, 3.8) is 0 Å². The summed E-state index contributed by atoms with van der Waals surface area (Å²) in [6.07, 6.45) is -0.311. The first kappa shape index (κ1) is 10.3. The summed E-state index contributed by atoms with van der Waals surface area (Å²) in [5, 5.41) is 3.02. The lowest BCUT2D eigenvalue weighted by atomic mass is 10.3. The molecule has 1 aromatic rings. The van der Waals surface area contributed by atoms with E-state index in [1.807, 2.05) is 0 Å². The van der Waals surface area contributed by atoms with Gasteiger partial charge in [0, 0.05) is 6.07 Å². The van der Waals surface area contributed by atoms with Gasteiger partial charge in [-0.1, -0.05) is 0 Å². The monoisotopic (exact) mass is 228 g/mol. The van der Waals surface area contributed by atoms with E-state index in [1.165, 1.54) is 6.07 Å². The van der Waals surface area contributed by atoms with Crippen molar-refractivity contribution in [1.82, 2.24) is 4.72 Å². The zero-order chi connectivity index (χ0) is 11.1. The third kappa shape index (κ3) is 1.78. The first-order valence-corrected chi connectivity index (χ1v) is 5.98. The Morgan fingerprint density at radius 1 is 1.40 bits per heavy atom. The second-order valence-electron chi connectivity index (χ2n) is 3.35. The summed E-state index contributed by atoms with van der Waals surface area (Å²) in [4.78, 5) is 0.251. The van der Waals surface area contributed by atoms with Crippen LogP contribution < -0.4 is 14.8 Å². The van der Waals surface area contributed by atoms with Crippen molar-refractivity contribution in [1.29, 1.82) is 0 Å². The number of benzene rings is 1. The number of fused-ring (bicyclic) bond motifs is 1. The summed E-state index contributed by atoms with van der Waals surface area (Å²) < 4.78 is 30.9. The van der Waals surface area contributed by atoms with Crippen LogP contribution in [0.2, 0.25) is 0 Å². The molecule has 1 aliphatic rings. The minimum atomic E-state index is -3.38. The maximum atomic E-state index is 11.7. The lowest BCUT2D eigenvalue weighted by Gasteiger charge is -2.25. The standard InChI is InChI=1S/C9H12N2O3S/c1-6-10-8-5-7(14-2)3-4-9(8)15(12,13)11-6/h3-6,10-11H,1-2H3. The number of hydrogen-bond acceptors (Lipinski definition) is 4. The number of sulfonamides is 1. The topological polar surface area (TPSA) is 67.4 Å². The third-order valence-corrected chi connectivity index (χ3v) is 3.78. The Kier molecular flexibility index (Phi) is 2.32. The molecular weight excluding hydrogens is 216 g/mol. The molecule has 6 heteroatoms. The van der Waals surface area contributed by atoms with Gasteiger partial charge in [0.25, 0.3) is 0 Å². The Balaban J connectivity index is 2.57. The molecule has 1 heterocycles. The van der Waals surface area contributed by atoms with Crippen LogP contribution in [0.1, 0.15) is 6.92 Å². The lowest BCUT2D eigenvalue weighted by molar-refractivity contribution is 0.414. The summed E-state index contributed by atoms with van der Waals surface area (Å²) in [7, 11) is -1.84. The first-order chi connectivity index (χ1) is 7.03. The Labute approximate surface area is 88.5 Å². The minimum absolute atomic E-state index is 0.251. The van der Waals surface area contributed by atoms with Crippen molar-refractivity contribution in [3.8, 4) is 5.75 Å². The van der Waals surface area contributed by atoms with Gasteiger partial charge in [-0.25, -0.2) is 8.42 Å². The van der Waals surface area contributed by atoms with Gasteiger partial charge in [-0.05, 0) is 19.1 Å². The summed E-state index contributed by atoms with van der Waals surface area (Å²) in [6, 6.07) is 4.81. The van der Waals surface area contributed by atoms with Crippen LogP contribution in [0.5, 0.6) is 5.75 Å². The molecule has 1 aliphatic heterocycles. The van der Waals surface area contributed by atoms with Crippen molar-refractivity contribution < 1.29 is 13.2 Å². The van der Waals surface area contributed by atoms with Crippen LogP contribution >= 0.6 is 0 Å². The summed E-state index contributed by atoms with van der Waals surface area (Å²) >= 11 is 0. The highest BCUT2D eigenvalue weighted by atomic mass is 32.2. The first-order valence-electron chi connectivity index (χ1n) is 4.50. The smallest absolute Gasteiger partial charge is 0.244 e. The van der Waals surface area contributed by atoms with Crippen molar-refractivity contribution in [2.75, 3.05) is 12.4 Å². The fraction of sp³-hybridized carbons (Fsp3) is 0.333. The van der Waals surface area contributed by atoms with E-state index in [1.54, 1.807) is 26.2 Å². The Morgan fingerprint density at radius 3 is 2.80 bits per heavy atom. The molecule has 15 heavy (non-hydrogen) atoms. The zero-order valence-corrected chi connectivity index (χ0v) is 9.26. The van der Waals surface area contributed by atoms with Crippen molar-refractivity contribution in [2.24, 2.45) is 0 Å².